The van der Waals surface area contributed by atoms with Crippen LogP contribution in [0.3, 0.4) is 0 Å². The van der Waals surface area contributed by atoms with Crippen LogP contribution in [0.4, 0.5) is 0 Å². The van der Waals surface area contributed by atoms with Crippen LogP contribution in [0.5, 0.6) is 0 Å². The van der Waals surface area contributed by atoms with Gasteiger partial charge in [-0.1, -0.05) is 13.3 Å². The molecule has 3 rings (SSSR count). The third kappa shape index (κ3) is 2.48. The van der Waals surface area contributed by atoms with Gasteiger partial charge < -0.3 is 19.7 Å². The normalized spacial score (nSPS) is 37.5. The summed E-state index contributed by atoms with van der Waals surface area (Å²) in [6, 6.07) is -0.115. The second kappa shape index (κ2) is 6.01. The lowest BCUT2D eigenvalue weighted by atomic mass is 9.75. The first-order valence-electron chi connectivity index (χ1n) is 7.67. The smallest absolute Gasteiger partial charge is 0.475 e. The Morgan fingerprint density at radius 1 is 1.45 bits per heavy atom. The number of likely N-dealkylation sites (tertiary alicyclic amines) is 1. The number of hydrogen-bond donors (Lipinski definition) is 2. The van der Waals surface area contributed by atoms with Crippen LogP contribution in [-0.2, 0) is 14.1 Å². The first kappa shape index (κ1) is 14.3. The molecule has 0 aromatic carbocycles. The summed E-state index contributed by atoms with van der Waals surface area (Å²) < 4.78 is 11.4. The summed E-state index contributed by atoms with van der Waals surface area (Å²) in [5.74, 6) is -0.355. The fraction of sp³-hybridized carbons (Fsp3) is 0.923. The first-order chi connectivity index (χ1) is 9.72. The predicted molar refractivity (Wildman–Crippen MR) is 74.4 cm³/mol. The standard InChI is InChI=1S/C13H23BN2O4/c1-2-3-4-16-10-8-15-12(13(17)18)9(10)7-11(16)14-19-5-6-20-14/h9-12,15H,2-8H2,1H3,(H,17,18). The van der Waals surface area contributed by atoms with Crippen molar-refractivity contribution in [3.63, 3.8) is 0 Å². The van der Waals surface area contributed by atoms with Gasteiger partial charge in [-0.05, 0) is 19.4 Å². The zero-order valence-corrected chi connectivity index (χ0v) is 12.0. The number of carboxylic acids is 1. The summed E-state index contributed by atoms with van der Waals surface area (Å²) in [6.45, 7) is 5.24. The minimum atomic E-state index is -0.734. The van der Waals surface area contributed by atoms with E-state index in [0.29, 0.717) is 19.3 Å². The van der Waals surface area contributed by atoms with Gasteiger partial charge in [0, 0.05) is 24.4 Å². The summed E-state index contributed by atoms with van der Waals surface area (Å²) in [4.78, 5) is 13.8. The monoisotopic (exact) mass is 282 g/mol. The van der Waals surface area contributed by atoms with Gasteiger partial charge in [-0.15, -0.1) is 0 Å². The van der Waals surface area contributed by atoms with Crippen molar-refractivity contribution in [1.82, 2.24) is 10.2 Å². The molecule has 3 heterocycles. The molecule has 3 aliphatic rings. The van der Waals surface area contributed by atoms with E-state index in [1.165, 1.54) is 0 Å². The highest BCUT2D eigenvalue weighted by molar-refractivity contribution is 6.47. The largest absolute Gasteiger partial charge is 0.480 e. The molecular formula is C13H23BN2O4. The van der Waals surface area contributed by atoms with Crippen molar-refractivity contribution in [2.75, 3.05) is 26.3 Å². The van der Waals surface area contributed by atoms with Gasteiger partial charge in [0.05, 0.1) is 13.2 Å². The van der Waals surface area contributed by atoms with E-state index < -0.39 is 12.0 Å². The van der Waals surface area contributed by atoms with E-state index in [0.717, 1.165) is 32.4 Å². The average molecular weight is 282 g/mol. The number of fused-ring (bicyclic) bond motifs is 1. The van der Waals surface area contributed by atoms with Gasteiger partial charge >= 0.3 is 13.1 Å². The predicted octanol–water partition coefficient (Wildman–Crippen LogP) is -0.0238. The summed E-state index contributed by atoms with van der Waals surface area (Å²) in [7, 11) is -0.174. The minimum absolute atomic E-state index is 0.169. The van der Waals surface area contributed by atoms with E-state index >= 15 is 0 Å². The molecule has 0 bridgehead atoms. The highest BCUT2D eigenvalue weighted by Crippen LogP contribution is 2.37. The third-order valence-electron chi connectivity index (χ3n) is 4.83. The quantitative estimate of drug-likeness (QED) is 0.690. The Morgan fingerprint density at radius 2 is 2.20 bits per heavy atom. The molecule has 7 heteroatoms. The Labute approximate surface area is 119 Å². The van der Waals surface area contributed by atoms with E-state index in [-0.39, 0.29) is 19.0 Å². The van der Waals surface area contributed by atoms with E-state index in [2.05, 4.69) is 17.1 Å². The number of hydrogen-bond acceptors (Lipinski definition) is 5. The highest BCUT2D eigenvalue weighted by Gasteiger charge is 2.54. The van der Waals surface area contributed by atoms with Gasteiger partial charge in [-0.2, -0.15) is 0 Å². The lowest BCUT2D eigenvalue weighted by molar-refractivity contribution is -0.140. The summed E-state index contributed by atoms with van der Waals surface area (Å²) in [5.41, 5.74) is 0. The zero-order chi connectivity index (χ0) is 14.1. The number of carbonyl (C=O) groups is 1. The number of unbranched alkanes of at least 4 members (excludes halogenated alkanes) is 1. The summed E-state index contributed by atoms with van der Waals surface area (Å²) in [6.07, 6.45) is 3.12. The van der Waals surface area contributed by atoms with Crippen LogP contribution in [0, 0.1) is 5.92 Å². The molecule has 3 fully saturated rings. The maximum atomic E-state index is 11.3. The molecule has 4 unspecified atom stereocenters. The summed E-state index contributed by atoms with van der Waals surface area (Å²) >= 11 is 0. The molecule has 3 saturated heterocycles. The second-order valence-electron chi connectivity index (χ2n) is 5.96. The Bertz CT molecular complexity index is 364. The van der Waals surface area contributed by atoms with Crippen molar-refractivity contribution < 1.29 is 19.2 Å². The Morgan fingerprint density at radius 3 is 2.85 bits per heavy atom. The molecule has 0 saturated carbocycles. The fourth-order valence-electron chi connectivity index (χ4n) is 3.90. The molecule has 112 valence electrons. The zero-order valence-electron chi connectivity index (χ0n) is 12.0. The molecule has 20 heavy (non-hydrogen) atoms. The minimum Gasteiger partial charge on any atom is -0.480 e. The van der Waals surface area contributed by atoms with Crippen molar-refractivity contribution in [3.8, 4) is 0 Å². The lowest BCUT2D eigenvalue weighted by Crippen LogP contribution is -2.48. The van der Waals surface area contributed by atoms with Crippen LogP contribution in [-0.4, -0.2) is 67.4 Å². The van der Waals surface area contributed by atoms with Gasteiger partial charge in [-0.25, -0.2) is 0 Å². The van der Waals surface area contributed by atoms with Crippen LogP contribution in [0.15, 0.2) is 0 Å². The second-order valence-corrected chi connectivity index (χ2v) is 5.96. The van der Waals surface area contributed by atoms with Crippen LogP contribution in [0.2, 0.25) is 0 Å². The molecule has 0 spiro atoms. The molecule has 0 aromatic heterocycles. The fourth-order valence-corrected chi connectivity index (χ4v) is 3.90. The maximum Gasteiger partial charge on any atom is 0.475 e. The van der Waals surface area contributed by atoms with Crippen molar-refractivity contribution >= 4 is 13.1 Å². The molecule has 0 amide bonds. The van der Waals surface area contributed by atoms with Crippen LogP contribution in [0.1, 0.15) is 26.2 Å². The van der Waals surface area contributed by atoms with Crippen molar-refractivity contribution in [2.45, 2.75) is 44.2 Å². The molecular weight excluding hydrogens is 259 g/mol. The number of nitrogens with zero attached hydrogens (tertiary/aromatic N) is 1. The van der Waals surface area contributed by atoms with Crippen LogP contribution in [0.25, 0.3) is 0 Å². The summed E-state index contributed by atoms with van der Waals surface area (Å²) in [5, 5.41) is 12.5. The molecule has 0 aromatic rings. The van der Waals surface area contributed by atoms with Gasteiger partial charge in [-0.3, -0.25) is 9.69 Å². The van der Waals surface area contributed by atoms with E-state index in [1.54, 1.807) is 0 Å². The Hall–Kier alpha value is -0.625. The van der Waals surface area contributed by atoms with Crippen molar-refractivity contribution in [3.05, 3.63) is 0 Å². The van der Waals surface area contributed by atoms with Crippen LogP contribution >= 0.6 is 0 Å². The van der Waals surface area contributed by atoms with Gasteiger partial charge in [0.25, 0.3) is 0 Å². The van der Waals surface area contributed by atoms with Gasteiger partial charge in [0.1, 0.15) is 6.04 Å². The molecule has 0 aliphatic carbocycles. The lowest BCUT2D eigenvalue weighted by Gasteiger charge is -2.29. The highest BCUT2D eigenvalue weighted by atomic mass is 16.6. The molecule has 6 nitrogen and oxygen atoms in total. The van der Waals surface area contributed by atoms with E-state index in [1.807, 2.05) is 0 Å². The Kier molecular flexibility index (Phi) is 4.30. The van der Waals surface area contributed by atoms with Gasteiger partial charge in [0.2, 0.25) is 0 Å². The number of rotatable bonds is 5. The van der Waals surface area contributed by atoms with E-state index in [9.17, 15) is 9.90 Å². The molecule has 2 N–H and O–H groups in total. The number of carboxylic acid groups (broad SMARTS) is 1. The average Bonchev–Trinajstić information content (AvgIpc) is 3.11. The first-order valence-corrected chi connectivity index (χ1v) is 7.67. The van der Waals surface area contributed by atoms with Crippen molar-refractivity contribution in [2.24, 2.45) is 5.92 Å². The SMILES string of the molecule is CCCCN1C(B2OCCO2)CC2C(C(=O)O)NCC21. The van der Waals surface area contributed by atoms with Gasteiger partial charge in [0.15, 0.2) is 0 Å². The maximum absolute atomic E-state index is 11.3. The molecule has 4 atom stereocenters. The number of aliphatic carboxylic acids is 1. The van der Waals surface area contributed by atoms with Crippen LogP contribution < -0.4 is 5.32 Å². The Balaban J connectivity index is 1.74. The topological polar surface area (TPSA) is 71.0 Å². The molecule has 3 aliphatic heterocycles. The van der Waals surface area contributed by atoms with E-state index in [4.69, 9.17) is 9.31 Å². The third-order valence-corrected chi connectivity index (χ3v) is 4.83. The van der Waals surface area contributed by atoms with Crippen molar-refractivity contribution in [1.29, 1.82) is 0 Å². The number of nitrogens with one attached hydrogen (secondary N) is 1. The molecule has 0 radical (unpaired) electrons.